The molecule has 0 aliphatic carbocycles. The van der Waals surface area contributed by atoms with Gasteiger partial charge in [-0.2, -0.15) is 0 Å². The Morgan fingerprint density at radius 1 is 1.00 bits per heavy atom. The number of benzene rings is 1. The van der Waals surface area contributed by atoms with E-state index in [1.807, 2.05) is 36.4 Å². The number of para-hydroxylation sites is 2. The van der Waals surface area contributed by atoms with Gasteiger partial charge in [-0.3, -0.25) is 0 Å². The highest BCUT2D eigenvalue weighted by Crippen LogP contribution is 2.27. The van der Waals surface area contributed by atoms with Gasteiger partial charge < -0.3 is 9.64 Å². The molecule has 0 atom stereocenters. The molecule has 17 heavy (non-hydrogen) atoms. The van der Waals surface area contributed by atoms with E-state index in [9.17, 15) is 0 Å². The molecule has 2 nitrogen and oxygen atoms in total. The van der Waals surface area contributed by atoms with Crippen LogP contribution in [-0.4, -0.2) is 19.7 Å². The van der Waals surface area contributed by atoms with Crippen molar-refractivity contribution in [2.45, 2.75) is 0 Å². The van der Waals surface area contributed by atoms with Crippen molar-refractivity contribution >= 4 is 5.69 Å². The maximum atomic E-state index is 5.63. The molecule has 0 spiro atoms. The predicted octanol–water partition coefficient (Wildman–Crippen LogP) is 3.43. The van der Waals surface area contributed by atoms with Gasteiger partial charge in [-0.15, -0.1) is 13.2 Å². The van der Waals surface area contributed by atoms with Crippen molar-refractivity contribution in [3.8, 4) is 5.75 Å². The van der Waals surface area contributed by atoms with E-state index in [1.165, 1.54) is 0 Å². The Bertz CT molecular complexity index is 374. The maximum Gasteiger partial charge on any atom is 0.143 e. The molecule has 0 heterocycles. The summed E-state index contributed by atoms with van der Waals surface area (Å²) in [5.74, 6) is 0.858. The molecule has 0 saturated carbocycles. The normalized spacial score (nSPS) is 9.41. The molecule has 0 bridgehead atoms. The number of ether oxygens (including phenoxy) is 1. The zero-order chi connectivity index (χ0) is 12.5. The van der Waals surface area contributed by atoms with E-state index in [0.717, 1.165) is 24.5 Å². The van der Waals surface area contributed by atoms with Crippen LogP contribution in [-0.2, 0) is 0 Å². The summed E-state index contributed by atoms with van der Waals surface area (Å²) >= 11 is 0. The minimum atomic E-state index is 0.507. The molecule has 90 valence electrons. The van der Waals surface area contributed by atoms with Crippen molar-refractivity contribution < 1.29 is 4.74 Å². The van der Waals surface area contributed by atoms with Gasteiger partial charge in [0.2, 0.25) is 0 Å². The van der Waals surface area contributed by atoms with Gasteiger partial charge >= 0.3 is 0 Å². The van der Waals surface area contributed by atoms with E-state index in [0.29, 0.717) is 6.61 Å². The summed E-state index contributed by atoms with van der Waals surface area (Å²) in [6.45, 7) is 13.2. The summed E-state index contributed by atoms with van der Waals surface area (Å²) in [5.41, 5.74) is 1.05. The highest BCUT2D eigenvalue weighted by Gasteiger charge is 2.08. The second-order valence-electron chi connectivity index (χ2n) is 3.55. The van der Waals surface area contributed by atoms with Crippen LogP contribution in [0.3, 0.4) is 0 Å². The van der Waals surface area contributed by atoms with Crippen LogP contribution < -0.4 is 9.64 Å². The molecule has 0 fully saturated rings. The third-order valence-electron chi connectivity index (χ3n) is 2.26. The summed E-state index contributed by atoms with van der Waals surface area (Å²) in [7, 11) is 0. The average Bonchev–Trinajstić information content (AvgIpc) is 2.36. The number of anilines is 1. The summed E-state index contributed by atoms with van der Waals surface area (Å²) in [4.78, 5) is 2.15. The molecule has 2 heteroatoms. The first-order valence-corrected chi connectivity index (χ1v) is 5.63. The molecule has 0 amide bonds. The second kappa shape index (κ2) is 7.34. The largest absolute Gasteiger partial charge is 0.487 e. The fourth-order valence-electron chi connectivity index (χ4n) is 1.57. The van der Waals surface area contributed by atoms with Crippen LogP contribution in [0.4, 0.5) is 5.69 Å². The summed E-state index contributed by atoms with van der Waals surface area (Å²) in [6, 6.07) is 7.95. The predicted molar refractivity (Wildman–Crippen MR) is 74.7 cm³/mol. The van der Waals surface area contributed by atoms with E-state index >= 15 is 0 Å². The molecule has 0 radical (unpaired) electrons. The van der Waals surface area contributed by atoms with Crippen molar-refractivity contribution in [3.63, 3.8) is 0 Å². The first-order valence-electron chi connectivity index (χ1n) is 5.63. The van der Waals surface area contributed by atoms with Gasteiger partial charge in [0.15, 0.2) is 0 Å². The van der Waals surface area contributed by atoms with Gasteiger partial charge in [0.1, 0.15) is 12.4 Å². The van der Waals surface area contributed by atoms with E-state index in [4.69, 9.17) is 4.74 Å². The highest BCUT2D eigenvalue weighted by molar-refractivity contribution is 5.59. The Morgan fingerprint density at radius 2 is 1.65 bits per heavy atom. The topological polar surface area (TPSA) is 12.5 Å². The lowest BCUT2D eigenvalue weighted by Gasteiger charge is -2.24. The molecule has 1 rings (SSSR count). The maximum absolute atomic E-state index is 5.63. The zero-order valence-electron chi connectivity index (χ0n) is 10.1. The molecule has 1 aromatic carbocycles. The standard InChI is InChI=1S/C15H19NO/c1-4-11-16(12-5-2)14-9-7-8-10-15(14)17-13-6-3/h4-10H,1-3,11-13H2. The lowest BCUT2D eigenvalue weighted by molar-refractivity contribution is 0.363. The van der Waals surface area contributed by atoms with Gasteiger partial charge in [0.25, 0.3) is 0 Å². The quantitative estimate of drug-likeness (QED) is 0.633. The molecular weight excluding hydrogens is 210 g/mol. The average molecular weight is 229 g/mol. The number of nitrogens with zero attached hydrogens (tertiary/aromatic N) is 1. The lowest BCUT2D eigenvalue weighted by atomic mass is 10.2. The third kappa shape index (κ3) is 3.83. The third-order valence-corrected chi connectivity index (χ3v) is 2.26. The van der Waals surface area contributed by atoms with Crippen LogP contribution in [0.2, 0.25) is 0 Å². The Morgan fingerprint density at radius 3 is 2.24 bits per heavy atom. The van der Waals surface area contributed by atoms with E-state index in [2.05, 4.69) is 24.6 Å². The van der Waals surface area contributed by atoms with E-state index < -0.39 is 0 Å². The van der Waals surface area contributed by atoms with Crippen LogP contribution in [0.5, 0.6) is 5.75 Å². The fraction of sp³-hybridized carbons (Fsp3) is 0.200. The SMILES string of the molecule is C=CCOc1ccccc1N(CC=C)CC=C. The zero-order valence-corrected chi connectivity index (χ0v) is 10.1. The molecule has 0 aliphatic rings. The van der Waals surface area contributed by atoms with Crippen LogP contribution in [0.1, 0.15) is 0 Å². The van der Waals surface area contributed by atoms with E-state index in [-0.39, 0.29) is 0 Å². The molecule has 0 aromatic heterocycles. The second-order valence-corrected chi connectivity index (χ2v) is 3.55. The minimum Gasteiger partial charge on any atom is -0.487 e. The Hall–Kier alpha value is -1.96. The fourth-order valence-corrected chi connectivity index (χ4v) is 1.57. The van der Waals surface area contributed by atoms with Crippen LogP contribution >= 0.6 is 0 Å². The Kier molecular flexibility index (Phi) is 5.66. The molecular formula is C15H19NO. The number of rotatable bonds is 8. The van der Waals surface area contributed by atoms with Crippen molar-refractivity contribution in [1.82, 2.24) is 0 Å². The van der Waals surface area contributed by atoms with Crippen LogP contribution in [0.15, 0.2) is 62.2 Å². The van der Waals surface area contributed by atoms with Crippen LogP contribution in [0, 0.1) is 0 Å². The van der Waals surface area contributed by atoms with Crippen molar-refractivity contribution in [2.75, 3.05) is 24.6 Å². The van der Waals surface area contributed by atoms with Crippen molar-refractivity contribution in [3.05, 3.63) is 62.2 Å². The molecule has 1 aromatic rings. The Balaban J connectivity index is 2.94. The van der Waals surface area contributed by atoms with E-state index in [1.54, 1.807) is 6.08 Å². The molecule has 0 unspecified atom stereocenters. The van der Waals surface area contributed by atoms with Gasteiger partial charge in [0.05, 0.1) is 5.69 Å². The van der Waals surface area contributed by atoms with Gasteiger partial charge in [-0.05, 0) is 12.1 Å². The summed E-state index contributed by atoms with van der Waals surface area (Å²) < 4.78 is 5.63. The summed E-state index contributed by atoms with van der Waals surface area (Å²) in [6.07, 6.45) is 5.48. The first-order chi connectivity index (χ1) is 8.33. The number of hydrogen-bond acceptors (Lipinski definition) is 2. The molecule has 0 aliphatic heterocycles. The first kappa shape index (κ1) is 13.1. The van der Waals surface area contributed by atoms with Gasteiger partial charge in [-0.25, -0.2) is 0 Å². The molecule has 0 saturated heterocycles. The number of hydrogen-bond donors (Lipinski definition) is 0. The van der Waals surface area contributed by atoms with Gasteiger partial charge in [0, 0.05) is 13.1 Å². The summed E-state index contributed by atoms with van der Waals surface area (Å²) in [5, 5.41) is 0. The lowest BCUT2D eigenvalue weighted by Crippen LogP contribution is -2.23. The molecule has 0 N–H and O–H groups in total. The van der Waals surface area contributed by atoms with Crippen molar-refractivity contribution in [1.29, 1.82) is 0 Å². The van der Waals surface area contributed by atoms with Crippen molar-refractivity contribution in [2.24, 2.45) is 0 Å². The van der Waals surface area contributed by atoms with Gasteiger partial charge in [-0.1, -0.05) is 36.9 Å². The highest BCUT2D eigenvalue weighted by atomic mass is 16.5. The monoisotopic (exact) mass is 229 g/mol. The van der Waals surface area contributed by atoms with Crippen LogP contribution in [0.25, 0.3) is 0 Å². The Labute approximate surface area is 104 Å². The smallest absolute Gasteiger partial charge is 0.143 e. The minimum absolute atomic E-state index is 0.507.